The number of esters is 1. The van der Waals surface area contributed by atoms with Crippen LogP contribution in [-0.4, -0.2) is 11.9 Å². The van der Waals surface area contributed by atoms with Gasteiger partial charge in [0.1, 0.15) is 6.61 Å². The number of carbonyl (C=O) groups is 2. The third-order valence-corrected chi connectivity index (χ3v) is 4.06. The summed E-state index contributed by atoms with van der Waals surface area (Å²) in [7, 11) is 0. The molecule has 0 aliphatic heterocycles. The van der Waals surface area contributed by atoms with Crippen molar-refractivity contribution < 1.29 is 14.3 Å². The molecular weight excluding hydrogens is 254 g/mol. The Balaban J connectivity index is 1.90. The Morgan fingerprint density at radius 3 is 2.35 bits per heavy atom. The molecule has 1 aromatic carbocycles. The van der Waals surface area contributed by atoms with Gasteiger partial charge in [-0.15, -0.1) is 0 Å². The fourth-order valence-electron chi connectivity index (χ4n) is 2.80. The highest BCUT2D eigenvalue weighted by atomic mass is 16.5. The van der Waals surface area contributed by atoms with Crippen molar-refractivity contribution in [2.24, 2.45) is 11.1 Å². The van der Waals surface area contributed by atoms with Crippen molar-refractivity contribution in [3.63, 3.8) is 0 Å². The lowest BCUT2D eigenvalue weighted by molar-refractivity contribution is -0.152. The van der Waals surface area contributed by atoms with Crippen LogP contribution in [0.1, 0.15) is 44.1 Å². The van der Waals surface area contributed by atoms with Gasteiger partial charge in [-0.25, -0.2) is 0 Å². The van der Waals surface area contributed by atoms with Gasteiger partial charge in [0.2, 0.25) is 5.91 Å². The number of nitrogens with two attached hydrogens (primary N) is 1. The molecule has 0 spiro atoms. The van der Waals surface area contributed by atoms with Gasteiger partial charge in [0.05, 0.1) is 11.8 Å². The average molecular weight is 275 g/mol. The first-order chi connectivity index (χ1) is 9.62. The molecule has 4 nitrogen and oxygen atoms in total. The summed E-state index contributed by atoms with van der Waals surface area (Å²) in [4.78, 5) is 23.7. The van der Waals surface area contributed by atoms with Crippen LogP contribution in [0.3, 0.4) is 0 Å². The van der Waals surface area contributed by atoms with Crippen LogP contribution in [0.25, 0.3) is 0 Å². The average Bonchev–Trinajstić information content (AvgIpc) is 2.47. The minimum atomic E-state index is -0.688. The fraction of sp³-hybridized carbons (Fsp3) is 0.500. The van der Waals surface area contributed by atoms with E-state index in [2.05, 4.69) is 0 Å². The molecule has 1 saturated carbocycles. The van der Waals surface area contributed by atoms with Gasteiger partial charge in [-0.05, 0) is 18.4 Å². The molecule has 1 aliphatic rings. The molecule has 4 heteroatoms. The lowest BCUT2D eigenvalue weighted by Crippen LogP contribution is -2.40. The minimum absolute atomic E-state index is 0.106. The maximum atomic E-state index is 12.0. The van der Waals surface area contributed by atoms with Crippen molar-refractivity contribution in [1.82, 2.24) is 0 Å². The number of hydrogen-bond acceptors (Lipinski definition) is 3. The number of ether oxygens (including phenoxy) is 1. The molecule has 1 amide bonds. The van der Waals surface area contributed by atoms with Gasteiger partial charge in [0.15, 0.2) is 0 Å². The summed E-state index contributed by atoms with van der Waals surface area (Å²) in [5.41, 5.74) is 5.76. The molecule has 20 heavy (non-hydrogen) atoms. The van der Waals surface area contributed by atoms with Crippen LogP contribution >= 0.6 is 0 Å². The molecule has 0 atom stereocenters. The number of carbonyl (C=O) groups excluding carboxylic acids is 2. The number of benzene rings is 1. The number of amides is 1. The quantitative estimate of drug-likeness (QED) is 0.840. The van der Waals surface area contributed by atoms with Gasteiger partial charge in [-0.2, -0.15) is 0 Å². The normalized spacial score (nSPS) is 17.4. The van der Waals surface area contributed by atoms with Crippen LogP contribution in [0.5, 0.6) is 0 Å². The lowest BCUT2D eigenvalue weighted by atomic mass is 9.71. The van der Waals surface area contributed by atoms with E-state index >= 15 is 0 Å². The van der Waals surface area contributed by atoms with Crippen LogP contribution in [0.15, 0.2) is 30.3 Å². The van der Waals surface area contributed by atoms with Crippen LogP contribution in [0, 0.1) is 5.41 Å². The molecule has 0 aromatic heterocycles. The van der Waals surface area contributed by atoms with E-state index in [-0.39, 0.29) is 24.9 Å². The Kier molecular flexibility index (Phi) is 4.77. The van der Waals surface area contributed by atoms with Crippen LogP contribution in [-0.2, 0) is 20.9 Å². The first-order valence-electron chi connectivity index (χ1n) is 7.12. The zero-order valence-corrected chi connectivity index (χ0v) is 11.6. The second-order valence-electron chi connectivity index (χ2n) is 5.53. The maximum absolute atomic E-state index is 12.0. The van der Waals surface area contributed by atoms with E-state index in [1.54, 1.807) is 0 Å². The first-order valence-corrected chi connectivity index (χ1v) is 7.12. The van der Waals surface area contributed by atoms with Gasteiger partial charge in [0, 0.05) is 0 Å². The molecule has 0 bridgehead atoms. The van der Waals surface area contributed by atoms with Crippen molar-refractivity contribution in [1.29, 1.82) is 0 Å². The molecule has 108 valence electrons. The third kappa shape index (κ3) is 3.59. The van der Waals surface area contributed by atoms with E-state index in [0.717, 1.165) is 24.8 Å². The molecular formula is C16H21NO3. The fourth-order valence-corrected chi connectivity index (χ4v) is 2.80. The summed E-state index contributed by atoms with van der Waals surface area (Å²) in [6.07, 6.45) is 4.51. The van der Waals surface area contributed by atoms with Crippen LogP contribution in [0.4, 0.5) is 0 Å². The third-order valence-electron chi connectivity index (χ3n) is 4.06. The molecule has 2 rings (SSSR count). The SMILES string of the molecule is NC(=O)C1(CC(=O)OCc2ccccc2)CCCCC1. The number of rotatable bonds is 5. The Bertz CT molecular complexity index is 464. The van der Waals surface area contributed by atoms with E-state index in [0.29, 0.717) is 12.8 Å². The predicted octanol–water partition coefficient (Wildman–Crippen LogP) is 2.56. The molecule has 1 aromatic rings. The van der Waals surface area contributed by atoms with Gasteiger partial charge in [-0.3, -0.25) is 9.59 Å². The highest BCUT2D eigenvalue weighted by Crippen LogP contribution is 2.39. The van der Waals surface area contributed by atoms with E-state index < -0.39 is 5.41 Å². The van der Waals surface area contributed by atoms with E-state index in [1.165, 1.54) is 0 Å². The van der Waals surface area contributed by atoms with Gasteiger partial charge >= 0.3 is 5.97 Å². The Hall–Kier alpha value is -1.84. The molecule has 1 aliphatic carbocycles. The summed E-state index contributed by atoms with van der Waals surface area (Å²) in [6.45, 7) is 0.245. The van der Waals surface area contributed by atoms with Crippen LogP contribution in [0.2, 0.25) is 0 Å². The zero-order valence-electron chi connectivity index (χ0n) is 11.6. The zero-order chi connectivity index (χ0) is 14.4. The van der Waals surface area contributed by atoms with Gasteiger partial charge < -0.3 is 10.5 Å². The monoisotopic (exact) mass is 275 g/mol. The van der Waals surface area contributed by atoms with Crippen molar-refractivity contribution >= 4 is 11.9 Å². The summed E-state index contributed by atoms with van der Waals surface area (Å²) in [5.74, 6) is -0.705. The Morgan fingerprint density at radius 1 is 1.10 bits per heavy atom. The Morgan fingerprint density at radius 2 is 1.75 bits per heavy atom. The summed E-state index contributed by atoms with van der Waals surface area (Å²) >= 11 is 0. The lowest BCUT2D eigenvalue weighted by Gasteiger charge is -2.33. The minimum Gasteiger partial charge on any atom is -0.461 e. The van der Waals surface area contributed by atoms with Crippen molar-refractivity contribution in [2.75, 3.05) is 0 Å². The largest absolute Gasteiger partial charge is 0.461 e. The van der Waals surface area contributed by atoms with Crippen LogP contribution < -0.4 is 5.73 Å². The van der Waals surface area contributed by atoms with Gasteiger partial charge in [-0.1, -0.05) is 49.6 Å². The second kappa shape index (κ2) is 6.55. The standard InChI is InChI=1S/C16H21NO3/c17-15(19)16(9-5-2-6-10-16)11-14(18)20-12-13-7-3-1-4-8-13/h1,3-4,7-8H,2,5-6,9-12H2,(H2,17,19). The topological polar surface area (TPSA) is 69.4 Å². The van der Waals surface area contributed by atoms with Crippen molar-refractivity contribution in [3.8, 4) is 0 Å². The predicted molar refractivity (Wildman–Crippen MR) is 75.6 cm³/mol. The highest BCUT2D eigenvalue weighted by Gasteiger charge is 2.40. The maximum Gasteiger partial charge on any atom is 0.307 e. The van der Waals surface area contributed by atoms with E-state index in [1.807, 2.05) is 30.3 Å². The molecule has 0 heterocycles. The van der Waals surface area contributed by atoms with E-state index in [9.17, 15) is 9.59 Å². The number of hydrogen-bond donors (Lipinski definition) is 1. The molecule has 0 radical (unpaired) electrons. The van der Waals surface area contributed by atoms with Crippen molar-refractivity contribution in [3.05, 3.63) is 35.9 Å². The smallest absolute Gasteiger partial charge is 0.307 e. The Labute approximate surface area is 119 Å². The molecule has 0 unspecified atom stereocenters. The van der Waals surface area contributed by atoms with E-state index in [4.69, 9.17) is 10.5 Å². The number of primary amides is 1. The first kappa shape index (κ1) is 14.6. The molecule has 1 fully saturated rings. The van der Waals surface area contributed by atoms with Crippen molar-refractivity contribution in [2.45, 2.75) is 45.1 Å². The summed E-state index contributed by atoms with van der Waals surface area (Å²) < 4.78 is 5.26. The summed E-state index contributed by atoms with van der Waals surface area (Å²) in [6, 6.07) is 9.51. The molecule has 2 N–H and O–H groups in total. The summed E-state index contributed by atoms with van der Waals surface area (Å²) in [5, 5.41) is 0. The highest BCUT2D eigenvalue weighted by molar-refractivity contribution is 5.86. The second-order valence-corrected chi connectivity index (χ2v) is 5.53. The molecule has 0 saturated heterocycles. The van der Waals surface area contributed by atoms with Gasteiger partial charge in [0.25, 0.3) is 0 Å².